The molecule has 2 aliphatic rings. The molecule has 4 rings (SSSR count). The Bertz CT molecular complexity index is 776. The van der Waals surface area contributed by atoms with Gasteiger partial charge in [-0.3, -0.25) is 14.6 Å². The van der Waals surface area contributed by atoms with E-state index in [-0.39, 0.29) is 5.91 Å². The maximum atomic E-state index is 12.8. The van der Waals surface area contributed by atoms with Gasteiger partial charge in [-0.15, -0.1) is 11.3 Å². The van der Waals surface area contributed by atoms with E-state index in [0.29, 0.717) is 6.54 Å². The van der Waals surface area contributed by atoms with E-state index >= 15 is 0 Å². The first-order chi connectivity index (χ1) is 13.2. The van der Waals surface area contributed by atoms with Crippen LogP contribution in [-0.4, -0.2) is 59.9 Å². The minimum absolute atomic E-state index is 0.280. The van der Waals surface area contributed by atoms with Crippen molar-refractivity contribution in [1.29, 1.82) is 0 Å². The number of nitrogens with zero attached hydrogens (tertiary/aromatic N) is 3. The Labute approximate surface area is 170 Å². The van der Waals surface area contributed by atoms with Crippen molar-refractivity contribution in [3.63, 3.8) is 0 Å². The van der Waals surface area contributed by atoms with Gasteiger partial charge in [0, 0.05) is 55.7 Å². The van der Waals surface area contributed by atoms with Crippen LogP contribution < -0.4 is 0 Å². The fourth-order valence-corrected chi connectivity index (χ4v) is 4.98. The van der Waals surface area contributed by atoms with Crippen molar-refractivity contribution in [3.8, 4) is 0 Å². The number of carbonyl (C=O) groups is 1. The Balaban J connectivity index is 1.27. The smallest absolute Gasteiger partial charge is 0.236 e. The van der Waals surface area contributed by atoms with Crippen molar-refractivity contribution in [3.05, 3.63) is 56.7 Å². The van der Waals surface area contributed by atoms with Gasteiger partial charge in [-0.25, -0.2) is 0 Å². The van der Waals surface area contributed by atoms with Gasteiger partial charge in [0.05, 0.1) is 6.54 Å². The van der Waals surface area contributed by atoms with Crippen molar-refractivity contribution < 1.29 is 4.79 Å². The predicted octanol–water partition coefficient (Wildman–Crippen LogP) is 3.49. The van der Waals surface area contributed by atoms with Crippen molar-refractivity contribution in [2.75, 3.05) is 39.3 Å². The molecule has 1 saturated heterocycles. The summed E-state index contributed by atoms with van der Waals surface area (Å²) in [5, 5.41) is 2.94. The molecule has 4 nitrogen and oxygen atoms in total. The third-order valence-electron chi connectivity index (χ3n) is 5.51. The summed E-state index contributed by atoms with van der Waals surface area (Å²) in [6, 6.07) is 10.3. The van der Waals surface area contributed by atoms with Crippen molar-refractivity contribution in [1.82, 2.24) is 14.7 Å². The molecule has 3 heterocycles. The fraction of sp³-hybridized carbons (Fsp3) is 0.476. The van der Waals surface area contributed by atoms with Crippen LogP contribution in [0, 0.1) is 0 Å². The lowest BCUT2D eigenvalue weighted by Gasteiger charge is -2.29. The van der Waals surface area contributed by atoms with E-state index in [1.165, 1.54) is 16.0 Å². The highest BCUT2D eigenvalue weighted by Gasteiger charge is 2.23. The average molecular weight is 404 g/mol. The quantitative estimate of drug-likeness (QED) is 0.781. The SMILES string of the molecule is O=C(CN1CCc2sccc2C1)N1CCCN(Cc2ccc(Cl)cc2)CC1. The van der Waals surface area contributed by atoms with Gasteiger partial charge >= 0.3 is 0 Å². The molecule has 27 heavy (non-hydrogen) atoms. The topological polar surface area (TPSA) is 26.8 Å². The first-order valence-electron chi connectivity index (χ1n) is 9.69. The number of rotatable bonds is 4. The molecule has 0 atom stereocenters. The summed E-state index contributed by atoms with van der Waals surface area (Å²) in [5.41, 5.74) is 2.68. The Morgan fingerprint density at radius 1 is 1.00 bits per heavy atom. The Hall–Kier alpha value is -1.40. The van der Waals surface area contributed by atoms with Crippen LogP contribution in [0.15, 0.2) is 35.7 Å². The molecule has 1 aromatic carbocycles. The molecule has 0 bridgehead atoms. The summed E-state index contributed by atoms with van der Waals surface area (Å²) in [7, 11) is 0. The van der Waals surface area contributed by atoms with Crippen LogP contribution >= 0.6 is 22.9 Å². The van der Waals surface area contributed by atoms with Crippen LogP contribution in [0.4, 0.5) is 0 Å². The van der Waals surface area contributed by atoms with Gasteiger partial charge in [-0.05, 0) is 47.5 Å². The number of benzene rings is 1. The number of thiophene rings is 1. The second-order valence-corrected chi connectivity index (χ2v) is 8.90. The van der Waals surface area contributed by atoms with Crippen LogP contribution in [0.1, 0.15) is 22.4 Å². The third-order valence-corrected chi connectivity index (χ3v) is 6.78. The molecule has 0 unspecified atom stereocenters. The van der Waals surface area contributed by atoms with Crippen LogP contribution in [0.3, 0.4) is 0 Å². The zero-order valence-corrected chi connectivity index (χ0v) is 17.1. The average Bonchev–Trinajstić information content (AvgIpc) is 3.01. The highest BCUT2D eigenvalue weighted by atomic mass is 35.5. The molecule has 144 valence electrons. The van der Waals surface area contributed by atoms with E-state index in [1.54, 1.807) is 0 Å². The molecule has 1 fully saturated rings. The van der Waals surface area contributed by atoms with Crippen LogP contribution in [0.5, 0.6) is 0 Å². The molecule has 0 radical (unpaired) electrons. The second kappa shape index (κ2) is 8.74. The number of hydrogen-bond acceptors (Lipinski definition) is 4. The zero-order valence-electron chi connectivity index (χ0n) is 15.6. The number of hydrogen-bond donors (Lipinski definition) is 0. The van der Waals surface area contributed by atoms with Crippen LogP contribution in [0.25, 0.3) is 0 Å². The number of carbonyl (C=O) groups excluding carboxylic acids is 1. The molecule has 2 aromatic rings. The fourth-order valence-electron chi connectivity index (χ4n) is 3.96. The van der Waals surface area contributed by atoms with E-state index in [9.17, 15) is 4.79 Å². The third kappa shape index (κ3) is 4.91. The Morgan fingerprint density at radius 3 is 2.70 bits per heavy atom. The number of fused-ring (bicyclic) bond motifs is 1. The molecule has 1 aromatic heterocycles. The predicted molar refractivity (Wildman–Crippen MR) is 111 cm³/mol. The number of halogens is 1. The molecular formula is C21H26ClN3OS. The van der Waals surface area contributed by atoms with Crippen molar-refractivity contribution in [2.24, 2.45) is 0 Å². The standard InChI is InChI=1S/C21H26ClN3OS/c22-19-4-2-17(3-5-19)14-23-8-1-9-25(12-11-23)21(26)16-24-10-6-20-18(15-24)7-13-27-20/h2-5,7,13H,1,6,8-12,14-16H2. The molecule has 2 aliphatic heterocycles. The van der Waals surface area contributed by atoms with Crippen LogP contribution in [0.2, 0.25) is 5.02 Å². The minimum Gasteiger partial charge on any atom is -0.340 e. The van der Waals surface area contributed by atoms with Gasteiger partial charge < -0.3 is 4.90 Å². The maximum absolute atomic E-state index is 12.8. The van der Waals surface area contributed by atoms with Crippen molar-refractivity contribution >= 4 is 28.8 Å². The monoisotopic (exact) mass is 403 g/mol. The molecule has 0 spiro atoms. The molecular weight excluding hydrogens is 378 g/mol. The van der Waals surface area contributed by atoms with E-state index in [1.807, 2.05) is 23.5 Å². The van der Waals surface area contributed by atoms with Crippen LogP contribution in [-0.2, 0) is 24.3 Å². The summed E-state index contributed by atoms with van der Waals surface area (Å²) in [4.78, 5) is 21.1. The molecule has 0 saturated carbocycles. The lowest BCUT2D eigenvalue weighted by molar-refractivity contribution is -0.132. The Morgan fingerprint density at radius 2 is 1.85 bits per heavy atom. The highest BCUT2D eigenvalue weighted by molar-refractivity contribution is 7.10. The van der Waals surface area contributed by atoms with Gasteiger partial charge in [0.1, 0.15) is 0 Å². The normalized spacial score (nSPS) is 18.9. The molecule has 6 heteroatoms. The van der Waals surface area contributed by atoms with Gasteiger partial charge in [0.2, 0.25) is 5.91 Å². The Kier molecular flexibility index (Phi) is 6.13. The summed E-state index contributed by atoms with van der Waals surface area (Å²) >= 11 is 7.82. The van der Waals surface area contributed by atoms with E-state index in [4.69, 9.17) is 11.6 Å². The van der Waals surface area contributed by atoms with Gasteiger partial charge in [0.25, 0.3) is 0 Å². The van der Waals surface area contributed by atoms with Gasteiger partial charge in [-0.2, -0.15) is 0 Å². The molecule has 1 amide bonds. The highest BCUT2D eigenvalue weighted by Crippen LogP contribution is 2.24. The second-order valence-electron chi connectivity index (χ2n) is 7.47. The minimum atomic E-state index is 0.280. The summed E-state index contributed by atoms with van der Waals surface area (Å²) in [5.74, 6) is 0.280. The van der Waals surface area contributed by atoms with E-state index < -0.39 is 0 Å². The number of amides is 1. The first kappa shape index (κ1) is 18.9. The van der Waals surface area contributed by atoms with Crippen molar-refractivity contribution in [2.45, 2.75) is 25.9 Å². The molecule has 0 N–H and O–H groups in total. The first-order valence-corrected chi connectivity index (χ1v) is 11.0. The van der Waals surface area contributed by atoms with Gasteiger partial charge in [-0.1, -0.05) is 23.7 Å². The summed E-state index contributed by atoms with van der Waals surface area (Å²) in [6.45, 7) is 7.05. The summed E-state index contributed by atoms with van der Waals surface area (Å²) < 4.78 is 0. The summed E-state index contributed by atoms with van der Waals surface area (Å²) in [6.07, 6.45) is 2.11. The lowest BCUT2D eigenvalue weighted by atomic mass is 10.1. The van der Waals surface area contributed by atoms with E-state index in [0.717, 1.165) is 63.7 Å². The largest absolute Gasteiger partial charge is 0.340 e. The van der Waals surface area contributed by atoms with Gasteiger partial charge in [0.15, 0.2) is 0 Å². The zero-order chi connectivity index (χ0) is 18.6. The lowest BCUT2D eigenvalue weighted by Crippen LogP contribution is -2.43. The molecule has 0 aliphatic carbocycles. The maximum Gasteiger partial charge on any atom is 0.236 e. The van der Waals surface area contributed by atoms with E-state index in [2.05, 4.69) is 38.3 Å².